The highest BCUT2D eigenvalue weighted by Crippen LogP contribution is 2.23. The van der Waals surface area contributed by atoms with Gasteiger partial charge in [0.1, 0.15) is 16.9 Å². The second kappa shape index (κ2) is 6.60. The first-order chi connectivity index (χ1) is 11.8. The summed E-state index contributed by atoms with van der Waals surface area (Å²) in [6.07, 6.45) is 3.30. The number of furan rings is 1. The molecule has 3 rings (SSSR count). The topological polar surface area (TPSA) is 92.3 Å². The highest BCUT2D eigenvalue weighted by molar-refractivity contribution is 5.78. The van der Waals surface area contributed by atoms with Crippen LogP contribution in [0.5, 0.6) is 0 Å². The van der Waals surface area contributed by atoms with E-state index in [9.17, 15) is 9.90 Å². The maximum absolute atomic E-state index is 12.1. The highest BCUT2D eigenvalue weighted by atomic mass is 16.3. The van der Waals surface area contributed by atoms with Gasteiger partial charge in [-0.1, -0.05) is 18.2 Å². The number of amides is 2. The zero-order valence-corrected chi connectivity index (χ0v) is 14.5. The molecular formula is C18H22N4O3. The van der Waals surface area contributed by atoms with Gasteiger partial charge in [0.15, 0.2) is 0 Å². The minimum absolute atomic E-state index is 0.0668. The van der Waals surface area contributed by atoms with Crippen LogP contribution >= 0.6 is 0 Å². The molecule has 2 amide bonds. The van der Waals surface area contributed by atoms with Crippen molar-refractivity contribution in [3.8, 4) is 0 Å². The molecule has 7 heteroatoms. The second-order valence-electron chi connectivity index (χ2n) is 6.41. The Labute approximate surface area is 145 Å². The molecule has 132 valence electrons. The van der Waals surface area contributed by atoms with Gasteiger partial charge in [0.2, 0.25) is 0 Å². The summed E-state index contributed by atoms with van der Waals surface area (Å²) in [6, 6.07) is 8.92. The molecule has 3 N–H and O–H groups in total. The number of nitrogens with zero attached hydrogens (tertiary/aromatic N) is 2. The van der Waals surface area contributed by atoms with E-state index in [0.29, 0.717) is 11.3 Å². The summed E-state index contributed by atoms with van der Waals surface area (Å²) < 4.78 is 7.35. The van der Waals surface area contributed by atoms with Gasteiger partial charge in [0.25, 0.3) is 0 Å². The van der Waals surface area contributed by atoms with Crippen LogP contribution in [0, 0.1) is 0 Å². The number of hydrogen-bond acceptors (Lipinski definition) is 4. The molecule has 2 unspecified atom stereocenters. The van der Waals surface area contributed by atoms with Gasteiger partial charge in [0.05, 0.1) is 18.8 Å². The van der Waals surface area contributed by atoms with Crippen LogP contribution in [0.1, 0.15) is 31.2 Å². The number of aryl methyl sites for hydroxylation is 1. The molecular weight excluding hydrogens is 320 g/mol. The number of aliphatic hydroxyl groups is 1. The summed E-state index contributed by atoms with van der Waals surface area (Å²) in [7, 11) is 1.77. The third-order valence-electron chi connectivity index (χ3n) is 4.14. The third kappa shape index (κ3) is 3.83. The Bertz CT molecular complexity index is 848. The first kappa shape index (κ1) is 17.0. The van der Waals surface area contributed by atoms with Crippen LogP contribution in [0.3, 0.4) is 0 Å². The van der Waals surface area contributed by atoms with E-state index in [-0.39, 0.29) is 18.6 Å². The summed E-state index contributed by atoms with van der Waals surface area (Å²) in [4.78, 5) is 12.1. The van der Waals surface area contributed by atoms with E-state index in [0.717, 1.165) is 11.0 Å². The Morgan fingerprint density at radius 2 is 2.20 bits per heavy atom. The Hall–Kier alpha value is -2.80. The average molecular weight is 342 g/mol. The molecule has 0 radical (unpaired) electrons. The van der Waals surface area contributed by atoms with Gasteiger partial charge in [-0.3, -0.25) is 4.68 Å². The first-order valence-electron chi connectivity index (χ1n) is 8.09. The molecule has 0 aliphatic carbocycles. The van der Waals surface area contributed by atoms with Crippen molar-refractivity contribution in [2.24, 2.45) is 7.05 Å². The molecule has 0 bridgehead atoms. The van der Waals surface area contributed by atoms with Crippen molar-refractivity contribution in [1.29, 1.82) is 0 Å². The molecule has 2 atom stereocenters. The quantitative estimate of drug-likeness (QED) is 0.664. The SMILES string of the molecule is CC(NC(=O)NCC(C)(O)c1cnn(C)c1)c1cc2ccccc2o1. The lowest BCUT2D eigenvalue weighted by Gasteiger charge is -2.23. The van der Waals surface area contributed by atoms with Gasteiger partial charge >= 0.3 is 6.03 Å². The Morgan fingerprint density at radius 1 is 1.44 bits per heavy atom. The molecule has 25 heavy (non-hydrogen) atoms. The van der Waals surface area contributed by atoms with Gasteiger partial charge in [-0.15, -0.1) is 0 Å². The van der Waals surface area contributed by atoms with Crippen LogP contribution < -0.4 is 10.6 Å². The molecule has 1 aromatic carbocycles. The lowest BCUT2D eigenvalue weighted by Crippen LogP contribution is -2.44. The molecule has 0 saturated heterocycles. The van der Waals surface area contributed by atoms with Crippen molar-refractivity contribution in [2.75, 3.05) is 6.54 Å². The van der Waals surface area contributed by atoms with Gasteiger partial charge < -0.3 is 20.2 Å². The number of hydrogen-bond donors (Lipinski definition) is 3. The number of carbonyl (C=O) groups excluding carboxylic acids is 1. The van der Waals surface area contributed by atoms with Crippen molar-refractivity contribution in [1.82, 2.24) is 20.4 Å². The van der Waals surface area contributed by atoms with E-state index < -0.39 is 5.60 Å². The number of aromatic nitrogens is 2. The van der Waals surface area contributed by atoms with E-state index in [1.165, 1.54) is 0 Å². The fourth-order valence-electron chi connectivity index (χ4n) is 2.59. The van der Waals surface area contributed by atoms with Crippen LogP contribution in [0.25, 0.3) is 11.0 Å². The number of para-hydroxylation sites is 1. The van der Waals surface area contributed by atoms with Crippen LogP contribution in [-0.2, 0) is 12.6 Å². The van der Waals surface area contributed by atoms with E-state index in [1.807, 2.05) is 37.3 Å². The van der Waals surface area contributed by atoms with E-state index in [2.05, 4.69) is 15.7 Å². The first-order valence-corrected chi connectivity index (χ1v) is 8.09. The standard InChI is InChI=1S/C18H22N4O3/c1-12(16-8-13-6-4-5-7-15(13)25-16)21-17(23)19-11-18(2,24)14-9-20-22(3)10-14/h4-10,12,24H,11H2,1-3H3,(H2,19,21,23). The number of nitrogens with one attached hydrogen (secondary N) is 2. The van der Waals surface area contributed by atoms with E-state index in [1.54, 1.807) is 31.0 Å². The van der Waals surface area contributed by atoms with Gasteiger partial charge in [-0.2, -0.15) is 5.10 Å². The lowest BCUT2D eigenvalue weighted by atomic mass is 10.00. The van der Waals surface area contributed by atoms with Crippen LogP contribution in [0.15, 0.2) is 47.1 Å². The lowest BCUT2D eigenvalue weighted by molar-refractivity contribution is 0.0592. The van der Waals surface area contributed by atoms with Crippen molar-refractivity contribution >= 4 is 17.0 Å². The zero-order valence-electron chi connectivity index (χ0n) is 14.5. The molecule has 0 fully saturated rings. The number of urea groups is 1. The fraction of sp³-hybridized carbons (Fsp3) is 0.333. The van der Waals surface area contributed by atoms with Crippen molar-refractivity contribution in [3.63, 3.8) is 0 Å². The van der Waals surface area contributed by atoms with Gasteiger partial charge in [-0.05, 0) is 26.0 Å². The second-order valence-corrected chi connectivity index (χ2v) is 6.41. The van der Waals surface area contributed by atoms with Gasteiger partial charge in [0, 0.05) is 24.2 Å². The molecule has 0 aliphatic rings. The minimum atomic E-state index is -1.20. The van der Waals surface area contributed by atoms with Crippen molar-refractivity contribution < 1.29 is 14.3 Å². The average Bonchev–Trinajstić information content (AvgIpc) is 3.19. The molecule has 0 spiro atoms. The zero-order chi connectivity index (χ0) is 18.0. The Morgan fingerprint density at radius 3 is 2.88 bits per heavy atom. The predicted octanol–water partition coefficient (Wildman–Crippen LogP) is 2.43. The number of benzene rings is 1. The molecule has 0 saturated carbocycles. The summed E-state index contributed by atoms with van der Waals surface area (Å²) in [6.45, 7) is 3.54. The monoisotopic (exact) mass is 342 g/mol. The maximum Gasteiger partial charge on any atom is 0.315 e. The normalized spacial score (nSPS) is 14.9. The van der Waals surface area contributed by atoms with Crippen molar-refractivity contribution in [3.05, 3.63) is 54.0 Å². The predicted molar refractivity (Wildman–Crippen MR) is 93.9 cm³/mol. The Kier molecular flexibility index (Phi) is 4.50. The smallest absolute Gasteiger partial charge is 0.315 e. The molecule has 2 aromatic heterocycles. The van der Waals surface area contributed by atoms with E-state index in [4.69, 9.17) is 4.42 Å². The van der Waals surface area contributed by atoms with Crippen LogP contribution in [-0.4, -0.2) is 27.5 Å². The highest BCUT2D eigenvalue weighted by Gasteiger charge is 2.25. The summed E-state index contributed by atoms with van der Waals surface area (Å²) in [5.41, 5.74) is 0.223. The van der Waals surface area contributed by atoms with E-state index >= 15 is 0 Å². The van der Waals surface area contributed by atoms with Gasteiger partial charge in [-0.25, -0.2) is 4.79 Å². The fourth-order valence-corrected chi connectivity index (χ4v) is 2.59. The van der Waals surface area contributed by atoms with Crippen LogP contribution in [0.4, 0.5) is 4.79 Å². The summed E-state index contributed by atoms with van der Waals surface area (Å²) in [5.74, 6) is 0.676. The number of fused-ring (bicyclic) bond motifs is 1. The molecule has 3 aromatic rings. The Balaban J connectivity index is 1.58. The molecule has 2 heterocycles. The minimum Gasteiger partial charge on any atom is -0.459 e. The largest absolute Gasteiger partial charge is 0.459 e. The summed E-state index contributed by atoms with van der Waals surface area (Å²) in [5, 5.41) is 21.0. The van der Waals surface area contributed by atoms with Crippen LogP contribution in [0.2, 0.25) is 0 Å². The molecule has 7 nitrogen and oxygen atoms in total. The number of rotatable bonds is 5. The summed E-state index contributed by atoms with van der Waals surface area (Å²) >= 11 is 0. The maximum atomic E-state index is 12.1. The number of carbonyl (C=O) groups is 1. The van der Waals surface area contributed by atoms with Crippen molar-refractivity contribution in [2.45, 2.75) is 25.5 Å². The third-order valence-corrected chi connectivity index (χ3v) is 4.14. The molecule has 0 aliphatic heterocycles.